The molecule has 5 heteroatoms. The normalized spacial score (nSPS) is 24.9. The number of nitrogens with zero attached hydrogens (tertiary/aromatic N) is 3. The Kier molecular flexibility index (Phi) is 3.67. The van der Waals surface area contributed by atoms with E-state index in [0.29, 0.717) is 6.42 Å². The summed E-state index contributed by atoms with van der Waals surface area (Å²) in [6, 6.07) is -0.109. The van der Waals surface area contributed by atoms with Crippen molar-refractivity contribution in [1.82, 2.24) is 14.5 Å². The first kappa shape index (κ1) is 14.1. The number of aryl methyl sites for hydroxylation is 1. The molecule has 1 amide bonds. The van der Waals surface area contributed by atoms with Gasteiger partial charge in [-0.05, 0) is 34.1 Å². The second-order valence-corrected chi connectivity index (χ2v) is 6.19. The molecule has 2 unspecified atom stereocenters. The van der Waals surface area contributed by atoms with Crippen LogP contribution in [0.5, 0.6) is 0 Å². The fraction of sp³-hybridized carbons (Fsp3) is 0.714. The molecule has 0 aliphatic carbocycles. The Morgan fingerprint density at radius 1 is 1.47 bits per heavy atom. The van der Waals surface area contributed by atoms with Crippen molar-refractivity contribution in [3.8, 4) is 0 Å². The lowest BCUT2D eigenvalue weighted by Gasteiger charge is -2.47. The molecule has 2 heterocycles. The summed E-state index contributed by atoms with van der Waals surface area (Å²) in [6.07, 6.45) is 4.92. The highest BCUT2D eigenvalue weighted by molar-refractivity contribution is 5.78. The Hall–Kier alpha value is -1.36. The number of carbonyl (C=O) groups excluding carboxylic acids is 1. The third-order valence-electron chi connectivity index (χ3n) is 3.75. The van der Waals surface area contributed by atoms with Crippen LogP contribution in [0, 0.1) is 0 Å². The molecule has 19 heavy (non-hydrogen) atoms. The lowest BCUT2D eigenvalue weighted by atomic mass is 9.89. The van der Waals surface area contributed by atoms with E-state index in [1.54, 1.807) is 0 Å². The average Bonchev–Trinajstić information content (AvgIpc) is 2.78. The van der Waals surface area contributed by atoms with Crippen LogP contribution in [-0.4, -0.2) is 31.9 Å². The van der Waals surface area contributed by atoms with Crippen molar-refractivity contribution < 1.29 is 4.79 Å². The standard InChI is InChI=1S/C14H24N4O/c1-5-17-9-16-8-11(17)13-10(15)6-7-12(19)18(13)14(2,3)4/h8-10,13H,5-7,15H2,1-4H3. The summed E-state index contributed by atoms with van der Waals surface area (Å²) < 4.78 is 2.07. The smallest absolute Gasteiger partial charge is 0.223 e. The van der Waals surface area contributed by atoms with Crippen LogP contribution in [0.1, 0.15) is 52.3 Å². The van der Waals surface area contributed by atoms with Crippen molar-refractivity contribution in [2.75, 3.05) is 0 Å². The van der Waals surface area contributed by atoms with E-state index in [4.69, 9.17) is 5.73 Å². The lowest BCUT2D eigenvalue weighted by Crippen LogP contribution is -2.56. The minimum atomic E-state index is -0.234. The van der Waals surface area contributed by atoms with Crippen molar-refractivity contribution in [3.63, 3.8) is 0 Å². The molecule has 1 fully saturated rings. The molecule has 0 spiro atoms. The van der Waals surface area contributed by atoms with Crippen molar-refractivity contribution >= 4 is 5.91 Å². The van der Waals surface area contributed by atoms with Gasteiger partial charge in [-0.2, -0.15) is 0 Å². The second kappa shape index (κ2) is 4.96. The summed E-state index contributed by atoms with van der Waals surface area (Å²) in [6.45, 7) is 9.08. The molecular weight excluding hydrogens is 240 g/mol. The van der Waals surface area contributed by atoms with E-state index in [1.807, 2.05) is 17.4 Å². The van der Waals surface area contributed by atoms with E-state index in [0.717, 1.165) is 18.7 Å². The van der Waals surface area contributed by atoms with Gasteiger partial charge in [-0.1, -0.05) is 0 Å². The quantitative estimate of drug-likeness (QED) is 0.884. The van der Waals surface area contributed by atoms with Gasteiger partial charge in [0, 0.05) is 24.5 Å². The predicted molar refractivity (Wildman–Crippen MR) is 74.5 cm³/mol. The number of amides is 1. The molecular formula is C14H24N4O. The van der Waals surface area contributed by atoms with Gasteiger partial charge in [0.1, 0.15) is 0 Å². The zero-order valence-corrected chi connectivity index (χ0v) is 12.3. The van der Waals surface area contributed by atoms with Gasteiger partial charge >= 0.3 is 0 Å². The Morgan fingerprint density at radius 3 is 2.74 bits per heavy atom. The summed E-state index contributed by atoms with van der Waals surface area (Å²) in [5.74, 6) is 0.183. The Morgan fingerprint density at radius 2 is 2.16 bits per heavy atom. The van der Waals surface area contributed by atoms with E-state index >= 15 is 0 Å². The van der Waals surface area contributed by atoms with Crippen LogP contribution < -0.4 is 5.73 Å². The number of imidazole rings is 1. The maximum Gasteiger partial charge on any atom is 0.223 e. The molecule has 2 N–H and O–H groups in total. The first-order valence-corrected chi connectivity index (χ1v) is 6.94. The van der Waals surface area contributed by atoms with Crippen LogP contribution >= 0.6 is 0 Å². The van der Waals surface area contributed by atoms with Gasteiger partial charge in [0.15, 0.2) is 0 Å². The van der Waals surface area contributed by atoms with Crippen LogP contribution in [0.15, 0.2) is 12.5 Å². The summed E-state index contributed by atoms with van der Waals surface area (Å²) >= 11 is 0. The summed E-state index contributed by atoms with van der Waals surface area (Å²) in [7, 11) is 0. The SMILES string of the molecule is CCn1cncc1C1C(N)CCC(=O)N1C(C)(C)C. The number of aromatic nitrogens is 2. The molecule has 2 rings (SSSR count). The Balaban J connectivity index is 2.45. The summed E-state index contributed by atoms with van der Waals surface area (Å²) in [4.78, 5) is 18.5. The van der Waals surface area contributed by atoms with E-state index in [2.05, 4.69) is 37.2 Å². The Bertz CT molecular complexity index is 460. The highest BCUT2D eigenvalue weighted by atomic mass is 16.2. The van der Waals surface area contributed by atoms with Crippen molar-refractivity contribution in [2.24, 2.45) is 5.73 Å². The van der Waals surface area contributed by atoms with Crippen LogP contribution in [-0.2, 0) is 11.3 Å². The topological polar surface area (TPSA) is 64.2 Å². The number of carbonyl (C=O) groups is 1. The summed E-state index contributed by atoms with van der Waals surface area (Å²) in [5, 5.41) is 0. The minimum absolute atomic E-state index is 0.0288. The van der Waals surface area contributed by atoms with Crippen LogP contribution in [0.3, 0.4) is 0 Å². The second-order valence-electron chi connectivity index (χ2n) is 6.19. The largest absolute Gasteiger partial charge is 0.333 e. The molecule has 5 nitrogen and oxygen atoms in total. The third-order valence-corrected chi connectivity index (χ3v) is 3.75. The minimum Gasteiger partial charge on any atom is -0.333 e. The first-order valence-electron chi connectivity index (χ1n) is 6.94. The zero-order chi connectivity index (χ0) is 14.2. The van der Waals surface area contributed by atoms with Crippen molar-refractivity contribution in [3.05, 3.63) is 18.2 Å². The predicted octanol–water partition coefficient (Wildman–Crippen LogP) is 1.69. The van der Waals surface area contributed by atoms with Gasteiger partial charge in [0.2, 0.25) is 5.91 Å². The van der Waals surface area contributed by atoms with Gasteiger partial charge in [0.25, 0.3) is 0 Å². The van der Waals surface area contributed by atoms with E-state index < -0.39 is 0 Å². The van der Waals surface area contributed by atoms with E-state index in [9.17, 15) is 4.79 Å². The van der Waals surface area contributed by atoms with Gasteiger partial charge in [-0.15, -0.1) is 0 Å². The third kappa shape index (κ3) is 2.52. The number of piperidine rings is 1. The maximum absolute atomic E-state index is 12.3. The van der Waals surface area contributed by atoms with E-state index in [-0.39, 0.29) is 23.5 Å². The van der Waals surface area contributed by atoms with Gasteiger partial charge < -0.3 is 15.2 Å². The highest BCUT2D eigenvalue weighted by Gasteiger charge is 2.41. The number of likely N-dealkylation sites (tertiary alicyclic amines) is 1. The monoisotopic (exact) mass is 264 g/mol. The van der Waals surface area contributed by atoms with Crippen molar-refractivity contribution in [2.45, 2.75) is 64.7 Å². The molecule has 0 radical (unpaired) electrons. The molecule has 1 aromatic heterocycles. The number of nitrogens with two attached hydrogens (primary N) is 1. The van der Waals surface area contributed by atoms with E-state index in [1.165, 1.54) is 0 Å². The van der Waals surface area contributed by atoms with Crippen LogP contribution in [0.25, 0.3) is 0 Å². The number of hydrogen-bond acceptors (Lipinski definition) is 3. The molecule has 1 aromatic rings. The molecule has 0 saturated carbocycles. The molecule has 0 aromatic carbocycles. The molecule has 1 aliphatic rings. The zero-order valence-electron chi connectivity index (χ0n) is 12.3. The fourth-order valence-electron chi connectivity index (χ4n) is 2.90. The molecule has 1 aliphatic heterocycles. The molecule has 106 valence electrons. The number of rotatable bonds is 2. The highest BCUT2D eigenvalue weighted by Crippen LogP contribution is 2.36. The maximum atomic E-state index is 12.3. The molecule has 2 atom stereocenters. The molecule has 0 bridgehead atoms. The Labute approximate surface area is 114 Å². The average molecular weight is 264 g/mol. The first-order chi connectivity index (χ1) is 8.86. The van der Waals surface area contributed by atoms with Crippen LogP contribution in [0.2, 0.25) is 0 Å². The van der Waals surface area contributed by atoms with Crippen molar-refractivity contribution in [1.29, 1.82) is 0 Å². The van der Waals surface area contributed by atoms with Gasteiger partial charge in [0.05, 0.1) is 24.3 Å². The lowest BCUT2D eigenvalue weighted by molar-refractivity contribution is -0.144. The van der Waals surface area contributed by atoms with Crippen LogP contribution in [0.4, 0.5) is 0 Å². The van der Waals surface area contributed by atoms with Gasteiger partial charge in [-0.3, -0.25) is 4.79 Å². The fourth-order valence-corrected chi connectivity index (χ4v) is 2.90. The number of hydrogen-bond donors (Lipinski definition) is 1. The van der Waals surface area contributed by atoms with Gasteiger partial charge in [-0.25, -0.2) is 4.98 Å². The molecule has 1 saturated heterocycles. The summed E-state index contributed by atoms with van der Waals surface area (Å²) in [5.41, 5.74) is 7.11.